The van der Waals surface area contributed by atoms with Crippen LogP contribution in [0.3, 0.4) is 0 Å². The molecule has 5 nitrogen and oxygen atoms in total. The van der Waals surface area contributed by atoms with Crippen LogP contribution in [-0.4, -0.2) is 25.2 Å². The average Bonchev–Trinajstić information content (AvgIpc) is 2.67. The predicted octanol–water partition coefficient (Wildman–Crippen LogP) is 3.69. The van der Waals surface area contributed by atoms with Gasteiger partial charge in [0, 0.05) is 25.0 Å². The van der Waals surface area contributed by atoms with Gasteiger partial charge in [-0.15, -0.1) is 12.4 Å². The molecule has 146 valence electrons. The van der Waals surface area contributed by atoms with Gasteiger partial charge < -0.3 is 20.5 Å². The largest absolute Gasteiger partial charge is 0.489 e. The first kappa shape index (κ1) is 21.2. The van der Waals surface area contributed by atoms with Gasteiger partial charge in [0.25, 0.3) is 0 Å². The number of aryl methyl sites for hydroxylation is 1. The molecule has 1 aliphatic rings. The topological polar surface area (TPSA) is 73.6 Å². The molecule has 0 spiro atoms. The Balaban J connectivity index is 0.00000261. The van der Waals surface area contributed by atoms with E-state index in [9.17, 15) is 4.79 Å². The molecule has 1 unspecified atom stereocenters. The molecule has 1 atom stereocenters. The Kier molecular flexibility index (Phi) is 8.10. The Morgan fingerprint density at radius 3 is 2.70 bits per heavy atom. The van der Waals surface area contributed by atoms with Gasteiger partial charge in [-0.2, -0.15) is 0 Å². The fraction of sp³-hybridized carbons (Fsp3) is 0.381. The van der Waals surface area contributed by atoms with Crippen LogP contribution in [0.25, 0.3) is 0 Å². The molecule has 1 saturated heterocycles. The quantitative estimate of drug-likeness (QED) is 0.788. The van der Waals surface area contributed by atoms with Gasteiger partial charge >= 0.3 is 0 Å². The molecule has 1 amide bonds. The molecular weight excluding hydrogens is 364 g/mol. The second-order valence-corrected chi connectivity index (χ2v) is 6.77. The fourth-order valence-corrected chi connectivity index (χ4v) is 3.15. The maximum atomic E-state index is 12.4. The van der Waals surface area contributed by atoms with Crippen LogP contribution in [0.1, 0.15) is 24.0 Å². The Morgan fingerprint density at radius 2 is 1.96 bits per heavy atom. The van der Waals surface area contributed by atoms with Crippen LogP contribution in [-0.2, 0) is 16.1 Å². The van der Waals surface area contributed by atoms with Gasteiger partial charge in [0.15, 0.2) is 0 Å². The van der Waals surface area contributed by atoms with Gasteiger partial charge in [-0.3, -0.25) is 4.79 Å². The summed E-state index contributed by atoms with van der Waals surface area (Å²) in [5.41, 5.74) is 9.14. The number of anilines is 1. The van der Waals surface area contributed by atoms with E-state index in [0.29, 0.717) is 31.3 Å². The molecule has 0 bridgehead atoms. The van der Waals surface area contributed by atoms with Crippen molar-refractivity contribution in [2.24, 2.45) is 11.7 Å². The zero-order valence-electron chi connectivity index (χ0n) is 15.5. The van der Waals surface area contributed by atoms with Gasteiger partial charge in [0.1, 0.15) is 12.4 Å². The molecule has 6 heteroatoms. The van der Waals surface area contributed by atoms with E-state index in [1.54, 1.807) is 0 Å². The number of carbonyl (C=O) groups is 1. The SMILES string of the molecule is Cc1cccc(COc2cccc(NC(=O)C(N)C3CCOCC3)c2)c1.Cl. The van der Waals surface area contributed by atoms with Crippen LogP contribution >= 0.6 is 12.4 Å². The van der Waals surface area contributed by atoms with Crippen molar-refractivity contribution in [3.63, 3.8) is 0 Å². The molecular formula is C21H27ClN2O3. The first-order chi connectivity index (χ1) is 12.6. The number of nitrogens with one attached hydrogen (secondary N) is 1. The zero-order valence-corrected chi connectivity index (χ0v) is 16.3. The summed E-state index contributed by atoms with van der Waals surface area (Å²) in [6, 6.07) is 15.1. The number of halogens is 1. The number of benzene rings is 2. The lowest BCUT2D eigenvalue weighted by Gasteiger charge is -2.26. The Bertz CT molecular complexity index is 748. The number of amides is 1. The number of nitrogens with two attached hydrogens (primary N) is 1. The van der Waals surface area contributed by atoms with E-state index < -0.39 is 6.04 Å². The highest BCUT2D eigenvalue weighted by atomic mass is 35.5. The highest BCUT2D eigenvalue weighted by molar-refractivity contribution is 5.95. The summed E-state index contributed by atoms with van der Waals surface area (Å²) in [6.07, 6.45) is 1.66. The van der Waals surface area contributed by atoms with Crippen molar-refractivity contribution in [2.75, 3.05) is 18.5 Å². The number of carbonyl (C=O) groups excluding carboxylic acids is 1. The summed E-state index contributed by atoms with van der Waals surface area (Å²) in [5.74, 6) is 0.723. The van der Waals surface area contributed by atoms with Gasteiger partial charge in [-0.1, -0.05) is 35.9 Å². The minimum atomic E-state index is -0.518. The number of hydrogen-bond acceptors (Lipinski definition) is 4. The van der Waals surface area contributed by atoms with E-state index in [1.807, 2.05) is 36.4 Å². The minimum absolute atomic E-state index is 0. The second kappa shape index (κ2) is 10.3. The van der Waals surface area contributed by atoms with Crippen molar-refractivity contribution >= 4 is 24.0 Å². The maximum absolute atomic E-state index is 12.4. The zero-order chi connectivity index (χ0) is 18.4. The molecule has 0 aliphatic carbocycles. The molecule has 2 aromatic carbocycles. The number of ether oxygens (including phenoxy) is 2. The van der Waals surface area contributed by atoms with Crippen LogP contribution in [0, 0.1) is 12.8 Å². The Labute approximate surface area is 166 Å². The standard InChI is InChI=1S/C21H26N2O3.ClH/c1-15-4-2-5-16(12-15)14-26-19-7-3-6-18(13-19)23-21(24)20(22)17-8-10-25-11-9-17;/h2-7,12-13,17,20H,8-11,14,22H2,1H3,(H,23,24);1H. The molecule has 0 radical (unpaired) electrons. The molecule has 1 aliphatic heterocycles. The van der Waals surface area contributed by atoms with Gasteiger partial charge in [0.2, 0.25) is 5.91 Å². The van der Waals surface area contributed by atoms with Crippen molar-refractivity contribution in [1.29, 1.82) is 0 Å². The van der Waals surface area contributed by atoms with E-state index >= 15 is 0 Å². The van der Waals surface area contributed by atoms with Crippen molar-refractivity contribution in [3.8, 4) is 5.75 Å². The van der Waals surface area contributed by atoms with Crippen LogP contribution in [0.4, 0.5) is 5.69 Å². The third-order valence-corrected chi connectivity index (χ3v) is 4.67. The maximum Gasteiger partial charge on any atom is 0.241 e. The van der Waals surface area contributed by atoms with E-state index in [4.69, 9.17) is 15.2 Å². The van der Waals surface area contributed by atoms with Crippen molar-refractivity contribution in [3.05, 3.63) is 59.7 Å². The van der Waals surface area contributed by atoms with Crippen molar-refractivity contribution < 1.29 is 14.3 Å². The molecule has 27 heavy (non-hydrogen) atoms. The van der Waals surface area contributed by atoms with Gasteiger partial charge in [-0.25, -0.2) is 0 Å². The van der Waals surface area contributed by atoms with Crippen LogP contribution in [0.2, 0.25) is 0 Å². The summed E-state index contributed by atoms with van der Waals surface area (Å²) in [5, 5.41) is 2.90. The molecule has 1 heterocycles. The lowest BCUT2D eigenvalue weighted by atomic mass is 9.92. The molecule has 3 rings (SSSR count). The van der Waals surface area contributed by atoms with Gasteiger partial charge in [0.05, 0.1) is 6.04 Å². The van der Waals surface area contributed by atoms with Crippen LogP contribution < -0.4 is 15.8 Å². The smallest absolute Gasteiger partial charge is 0.241 e. The summed E-state index contributed by atoms with van der Waals surface area (Å²) in [7, 11) is 0. The van der Waals surface area contributed by atoms with E-state index in [-0.39, 0.29) is 24.2 Å². The molecule has 2 aromatic rings. The predicted molar refractivity (Wildman–Crippen MR) is 109 cm³/mol. The monoisotopic (exact) mass is 390 g/mol. The summed E-state index contributed by atoms with van der Waals surface area (Å²) < 4.78 is 11.2. The molecule has 1 fully saturated rings. The van der Waals surface area contributed by atoms with Crippen molar-refractivity contribution in [2.45, 2.75) is 32.4 Å². The molecule has 0 saturated carbocycles. The highest BCUT2D eigenvalue weighted by Gasteiger charge is 2.26. The van der Waals surface area contributed by atoms with E-state index in [0.717, 1.165) is 18.4 Å². The van der Waals surface area contributed by atoms with Crippen LogP contribution in [0.5, 0.6) is 5.75 Å². The number of hydrogen-bond donors (Lipinski definition) is 2. The van der Waals surface area contributed by atoms with E-state index in [1.165, 1.54) is 5.56 Å². The van der Waals surface area contributed by atoms with Crippen LogP contribution in [0.15, 0.2) is 48.5 Å². The third-order valence-electron chi connectivity index (χ3n) is 4.67. The normalized spacial score (nSPS) is 15.5. The summed E-state index contributed by atoms with van der Waals surface area (Å²) in [6.45, 7) is 3.89. The lowest BCUT2D eigenvalue weighted by Crippen LogP contribution is -2.43. The van der Waals surface area contributed by atoms with E-state index in [2.05, 4.69) is 24.4 Å². The second-order valence-electron chi connectivity index (χ2n) is 6.77. The third kappa shape index (κ3) is 6.24. The fourth-order valence-electron chi connectivity index (χ4n) is 3.15. The minimum Gasteiger partial charge on any atom is -0.489 e. The highest BCUT2D eigenvalue weighted by Crippen LogP contribution is 2.21. The van der Waals surface area contributed by atoms with Crippen molar-refractivity contribution in [1.82, 2.24) is 0 Å². The first-order valence-electron chi connectivity index (χ1n) is 9.04. The van der Waals surface area contributed by atoms with Gasteiger partial charge in [-0.05, 0) is 43.4 Å². The number of rotatable bonds is 6. The summed E-state index contributed by atoms with van der Waals surface area (Å²) in [4.78, 5) is 12.4. The Morgan fingerprint density at radius 1 is 1.22 bits per heavy atom. The average molecular weight is 391 g/mol. The lowest BCUT2D eigenvalue weighted by molar-refractivity contribution is -0.119. The Hall–Kier alpha value is -2.08. The molecule has 0 aromatic heterocycles. The first-order valence-corrected chi connectivity index (χ1v) is 9.04. The summed E-state index contributed by atoms with van der Waals surface area (Å²) >= 11 is 0. The molecule has 3 N–H and O–H groups in total.